The van der Waals surface area contributed by atoms with Crippen molar-refractivity contribution in [2.24, 2.45) is 0 Å². The number of carbonyl (C=O) groups excluding carboxylic acids is 2. The molecule has 0 N–H and O–H groups in total. The summed E-state index contributed by atoms with van der Waals surface area (Å²) in [7, 11) is 4.87. The highest BCUT2D eigenvalue weighted by atomic mass is 79.9. The van der Waals surface area contributed by atoms with E-state index in [1.165, 1.54) is 16.1 Å². The lowest BCUT2D eigenvalue weighted by atomic mass is 10.3. The molecule has 0 aliphatic heterocycles. The van der Waals surface area contributed by atoms with Crippen LogP contribution in [-0.2, 0) is 4.79 Å². The first-order valence-electron chi connectivity index (χ1n) is 4.62. The molecule has 16 heavy (non-hydrogen) atoms. The van der Waals surface area contributed by atoms with E-state index in [9.17, 15) is 9.59 Å². The van der Waals surface area contributed by atoms with E-state index in [1.807, 2.05) is 0 Å². The van der Waals surface area contributed by atoms with E-state index in [2.05, 4.69) is 15.9 Å². The van der Waals surface area contributed by atoms with Crippen LogP contribution in [0.3, 0.4) is 0 Å². The summed E-state index contributed by atoms with van der Waals surface area (Å²) in [4.78, 5) is 26.0. The maximum atomic E-state index is 11.8. The van der Waals surface area contributed by atoms with Crippen molar-refractivity contribution in [2.45, 2.75) is 0 Å². The molecular formula is C10H13BrN2O3. The number of likely N-dealkylation sites (N-methyl/N-ethyl adjacent to an activating group) is 2. The molecule has 1 heterocycles. The maximum Gasteiger partial charge on any atom is 0.258 e. The van der Waals surface area contributed by atoms with Gasteiger partial charge in [-0.15, -0.1) is 0 Å². The van der Waals surface area contributed by atoms with Crippen molar-refractivity contribution < 1.29 is 14.0 Å². The Balaban J connectivity index is 2.69. The highest BCUT2D eigenvalue weighted by Gasteiger charge is 2.19. The molecule has 0 unspecified atom stereocenters. The van der Waals surface area contributed by atoms with Gasteiger partial charge in [0.1, 0.15) is 0 Å². The molecule has 0 spiro atoms. The summed E-state index contributed by atoms with van der Waals surface area (Å²) in [6.07, 6.45) is 1.42. The molecule has 0 aliphatic carbocycles. The second-order valence-corrected chi connectivity index (χ2v) is 4.28. The lowest BCUT2D eigenvalue weighted by molar-refractivity contribution is -0.129. The fourth-order valence-corrected chi connectivity index (χ4v) is 1.48. The fourth-order valence-electron chi connectivity index (χ4n) is 1.07. The number of amides is 2. The topological polar surface area (TPSA) is 53.8 Å². The van der Waals surface area contributed by atoms with Crippen LogP contribution >= 0.6 is 15.9 Å². The zero-order valence-corrected chi connectivity index (χ0v) is 10.9. The van der Waals surface area contributed by atoms with Gasteiger partial charge in [-0.3, -0.25) is 9.59 Å². The molecule has 0 atom stereocenters. The van der Waals surface area contributed by atoms with Gasteiger partial charge >= 0.3 is 0 Å². The van der Waals surface area contributed by atoms with Crippen molar-refractivity contribution in [3.63, 3.8) is 0 Å². The lowest BCUT2D eigenvalue weighted by Gasteiger charge is -2.18. The molecule has 88 valence electrons. The molecule has 0 aromatic carbocycles. The Hall–Kier alpha value is -1.30. The van der Waals surface area contributed by atoms with Crippen LogP contribution in [0, 0.1) is 0 Å². The second kappa shape index (κ2) is 5.16. The Bertz CT molecular complexity index is 401. The van der Waals surface area contributed by atoms with E-state index in [1.54, 1.807) is 27.2 Å². The van der Waals surface area contributed by atoms with Crippen molar-refractivity contribution in [3.8, 4) is 0 Å². The minimum atomic E-state index is -0.254. The largest absolute Gasteiger partial charge is 0.457 e. The molecule has 5 nitrogen and oxygen atoms in total. The van der Waals surface area contributed by atoms with Crippen molar-refractivity contribution in [1.82, 2.24) is 9.80 Å². The zero-order chi connectivity index (χ0) is 12.3. The fraction of sp³-hybridized carbons (Fsp3) is 0.400. The van der Waals surface area contributed by atoms with E-state index in [0.29, 0.717) is 10.2 Å². The summed E-state index contributed by atoms with van der Waals surface area (Å²) in [5, 5.41) is 0. The molecule has 1 rings (SSSR count). The average Bonchev–Trinajstić information content (AvgIpc) is 2.62. The third kappa shape index (κ3) is 2.85. The number of carbonyl (C=O) groups is 2. The minimum Gasteiger partial charge on any atom is -0.457 e. The van der Waals surface area contributed by atoms with E-state index in [-0.39, 0.29) is 18.4 Å². The molecule has 2 amide bonds. The van der Waals surface area contributed by atoms with Gasteiger partial charge in [0, 0.05) is 21.1 Å². The number of furan rings is 1. The maximum absolute atomic E-state index is 11.8. The van der Waals surface area contributed by atoms with Crippen LogP contribution in [-0.4, -0.2) is 49.3 Å². The SMILES string of the molecule is CN(C)C(=O)CN(C)C(=O)c1ccoc1Br. The molecular weight excluding hydrogens is 276 g/mol. The van der Waals surface area contributed by atoms with Crippen LogP contribution in [0.5, 0.6) is 0 Å². The van der Waals surface area contributed by atoms with E-state index >= 15 is 0 Å². The van der Waals surface area contributed by atoms with Crippen LogP contribution in [0.25, 0.3) is 0 Å². The van der Waals surface area contributed by atoms with Crippen LogP contribution in [0.2, 0.25) is 0 Å². The molecule has 0 aliphatic rings. The van der Waals surface area contributed by atoms with Crippen molar-refractivity contribution in [1.29, 1.82) is 0 Å². The smallest absolute Gasteiger partial charge is 0.258 e. The van der Waals surface area contributed by atoms with Gasteiger partial charge < -0.3 is 14.2 Å². The number of halogens is 1. The van der Waals surface area contributed by atoms with Gasteiger partial charge in [-0.05, 0) is 22.0 Å². The predicted molar refractivity (Wildman–Crippen MR) is 62.1 cm³/mol. The number of rotatable bonds is 3. The normalized spacial score (nSPS) is 10.0. The highest BCUT2D eigenvalue weighted by Crippen LogP contribution is 2.18. The van der Waals surface area contributed by atoms with E-state index in [4.69, 9.17) is 4.42 Å². The Morgan fingerprint density at radius 2 is 2.00 bits per heavy atom. The second-order valence-electron chi connectivity index (χ2n) is 3.56. The number of hydrogen-bond acceptors (Lipinski definition) is 3. The van der Waals surface area contributed by atoms with E-state index in [0.717, 1.165) is 0 Å². The zero-order valence-electron chi connectivity index (χ0n) is 9.36. The van der Waals surface area contributed by atoms with Gasteiger partial charge in [-0.1, -0.05) is 0 Å². The van der Waals surface area contributed by atoms with Crippen LogP contribution in [0.15, 0.2) is 21.4 Å². The average molecular weight is 289 g/mol. The quantitative estimate of drug-likeness (QED) is 0.840. The Morgan fingerprint density at radius 3 is 2.44 bits per heavy atom. The Morgan fingerprint density at radius 1 is 1.38 bits per heavy atom. The molecule has 6 heteroatoms. The lowest BCUT2D eigenvalue weighted by Crippen LogP contribution is -2.37. The monoisotopic (exact) mass is 288 g/mol. The molecule has 1 aromatic heterocycles. The summed E-state index contributed by atoms with van der Waals surface area (Å²) in [5.74, 6) is -0.383. The van der Waals surface area contributed by atoms with Crippen LogP contribution in [0.4, 0.5) is 0 Å². The summed E-state index contributed by atoms with van der Waals surface area (Å²) in [6.45, 7) is 0.0451. The highest BCUT2D eigenvalue weighted by molar-refractivity contribution is 9.10. The molecule has 0 radical (unpaired) electrons. The molecule has 0 saturated heterocycles. The summed E-state index contributed by atoms with van der Waals surface area (Å²) in [5.41, 5.74) is 0.411. The summed E-state index contributed by atoms with van der Waals surface area (Å²) < 4.78 is 5.34. The number of nitrogens with zero attached hydrogens (tertiary/aromatic N) is 2. The van der Waals surface area contributed by atoms with Gasteiger partial charge in [0.25, 0.3) is 5.91 Å². The minimum absolute atomic E-state index is 0.0451. The van der Waals surface area contributed by atoms with Crippen molar-refractivity contribution in [3.05, 3.63) is 22.6 Å². The van der Waals surface area contributed by atoms with Gasteiger partial charge in [0.2, 0.25) is 5.91 Å². The van der Waals surface area contributed by atoms with Crippen molar-refractivity contribution in [2.75, 3.05) is 27.7 Å². The predicted octanol–water partition coefficient (Wildman–Crippen LogP) is 1.20. The molecule has 0 bridgehead atoms. The number of hydrogen-bond donors (Lipinski definition) is 0. The molecule has 1 aromatic rings. The van der Waals surface area contributed by atoms with E-state index < -0.39 is 0 Å². The van der Waals surface area contributed by atoms with Crippen LogP contribution < -0.4 is 0 Å². The van der Waals surface area contributed by atoms with Gasteiger partial charge in [0.05, 0.1) is 18.4 Å². The third-order valence-corrected chi connectivity index (χ3v) is 2.68. The first-order valence-corrected chi connectivity index (χ1v) is 5.41. The van der Waals surface area contributed by atoms with Crippen LogP contribution in [0.1, 0.15) is 10.4 Å². The van der Waals surface area contributed by atoms with Gasteiger partial charge in [-0.2, -0.15) is 0 Å². The standard InChI is InChI=1S/C10H13BrN2O3/c1-12(2)8(14)6-13(3)10(15)7-4-5-16-9(7)11/h4-5H,6H2,1-3H3. The Labute approximate surface area is 102 Å². The van der Waals surface area contributed by atoms with Gasteiger partial charge in [-0.25, -0.2) is 0 Å². The first kappa shape index (κ1) is 12.8. The Kier molecular flexibility index (Phi) is 4.12. The van der Waals surface area contributed by atoms with Crippen molar-refractivity contribution >= 4 is 27.7 Å². The first-order chi connectivity index (χ1) is 7.43. The molecule has 0 fully saturated rings. The van der Waals surface area contributed by atoms with Gasteiger partial charge in [0.15, 0.2) is 4.67 Å². The third-order valence-electron chi connectivity index (χ3n) is 2.07. The summed E-state index contributed by atoms with van der Waals surface area (Å²) in [6, 6.07) is 1.56. The molecule has 0 saturated carbocycles. The summed E-state index contributed by atoms with van der Waals surface area (Å²) >= 11 is 3.12.